The molecule has 0 radical (unpaired) electrons. The summed E-state index contributed by atoms with van der Waals surface area (Å²) >= 11 is 0. The third-order valence-electron chi connectivity index (χ3n) is 4.19. The number of non-ortho nitro benzene ring substituents is 1. The molecule has 0 unspecified atom stereocenters. The van der Waals surface area contributed by atoms with E-state index in [4.69, 9.17) is 4.74 Å². The van der Waals surface area contributed by atoms with Crippen LogP contribution in [0.25, 0.3) is 10.8 Å². The first-order chi connectivity index (χ1) is 14.4. The van der Waals surface area contributed by atoms with Gasteiger partial charge >= 0.3 is 5.97 Å². The number of aromatic nitrogens is 2. The fourth-order valence-corrected chi connectivity index (χ4v) is 2.81. The number of nitrogens with one attached hydrogen (secondary N) is 1. The lowest BCUT2D eigenvalue weighted by molar-refractivity contribution is -0.384. The van der Waals surface area contributed by atoms with Gasteiger partial charge in [0.15, 0.2) is 12.3 Å². The Balaban J connectivity index is 1.73. The second kappa shape index (κ2) is 8.95. The minimum atomic E-state index is -0.838. The number of anilines is 1. The van der Waals surface area contributed by atoms with Gasteiger partial charge in [0.05, 0.1) is 10.3 Å². The molecule has 0 saturated carbocycles. The van der Waals surface area contributed by atoms with Gasteiger partial charge in [0.2, 0.25) is 0 Å². The summed E-state index contributed by atoms with van der Waals surface area (Å²) in [5.41, 5.74) is -0.150. The second-order valence-electron chi connectivity index (χ2n) is 6.35. The smallest absolute Gasteiger partial charge is 0.359 e. The molecule has 0 aliphatic carbocycles. The maximum Gasteiger partial charge on any atom is 0.359 e. The maximum absolute atomic E-state index is 12.5. The van der Waals surface area contributed by atoms with Crippen LogP contribution in [0.15, 0.2) is 53.3 Å². The van der Waals surface area contributed by atoms with Crippen LogP contribution in [0.4, 0.5) is 11.4 Å². The molecular formula is C20H18N4O6. The van der Waals surface area contributed by atoms with Crippen molar-refractivity contribution >= 4 is 34.0 Å². The minimum absolute atomic E-state index is 0.0539. The minimum Gasteiger partial charge on any atom is -0.451 e. The van der Waals surface area contributed by atoms with Crippen LogP contribution in [-0.4, -0.2) is 33.2 Å². The second-order valence-corrected chi connectivity index (χ2v) is 6.35. The number of amides is 1. The molecule has 1 aromatic heterocycles. The van der Waals surface area contributed by atoms with Gasteiger partial charge < -0.3 is 10.1 Å². The van der Waals surface area contributed by atoms with Gasteiger partial charge in [-0.25, -0.2) is 9.48 Å². The molecule has 0 saturated heterocycles. The van der Waals surface area contributed by atoms with E-state index in [1.54, 1.807) is 24.3 Å². The molecule has 1 N–H and O–H groups in total. The zero-order valence-electron chi connectivity index (χ0n) is 16.0. The molecule has 0 fully saturated rings. The van der Waals surface area contributed by atoms with Crippen molar-refractivity contribution < 1.29 is 19.2 Å². The molecule has 1 amide bonds. The highest BCUT2D eigenvalue weighted by atomic mass is 16.6. The van der Waals surface area contributed by atoms with Gasteiger partial charge in [0.1, 0.15) is 0 Å². The van der Waals surface area contributed by atoms with Crippen molar-refractivity contribution in [3.05, 3.63) is 74.7 Å². The van der Waals surface area contributed by atoms with Crippen LogP contribution in [0, 0.1) is 10.1 Å². The third kappa shape index (κ3) is 4.49. The number of carbonyl (C=O) groups is 2. The first-order valence-corrected chi connectivity index (χ1v) is 9.12. The van der Waals surface area contributed by atoms with Gasteiger partial charge in [-0.1, -0.05) is 25.1 Å². The summed E-state index contributed by atoms with van der Waals surface area (Å²) in [5, 5.41) is 17.9. The van der Waals surface area contributed by atoms with Crippen molar-refractivity contribution in [1.82, 2.24) is 9.78 Å². The largest absolute Gasteiger partial charge is 0.451 e. The summed E-state index contributed by atoms with van der Waals surface area (Å²) in [4.78, 5) is 47.2. The van der Waals surface area contributed by atoms with Crippen LogP contribution in [-0.2, 0) is 16.1 Å². The van der Waals surface area contributed by atoms with Crippen LogP contribution >= 0.6 is 0 Å². The van der Waals surface area contributed by atoms with Gasteiger partial charge in [-0.05, 0) is 24.6 Å². The molecule has 154 valence electrons. The molecule has 0 spiro atoms. The Bertz CT molecular complexity index is 1170. The van der Waals surface area contributed by atoms with Crippen molar-refractivity contribution in [2.75, 3.05) is 11.9 Å². The lowest BCUT2D eigenvalue weighted by atomic mass is 10.1. The summed E-state index contributed by atoms with van der Waals surface area (Å²) in [7, 11) is 0. The van der Waals surface area contributed by atoms with Gasteiger partial charge in [-0.2, -0.15) is 5.10 Å². The molecule has 10 nitrogen and oxygen atoms in total. The predicted molar refractivity (Wildman–Crippen MR) is 108 cm³/mol. The number of rotatable bonds is 7. The molecule has 2 aromatic carbocycles. The number of nitro groups is 1. The molecule has 0 aliphatic rings. The zero-order chi connectivity index (χ0) is 21.7. The summed E-state index contributed by atoms with van der Waals surface area (Å²) in [6.07, 6.45) is 0.650. The normalized spacial score (nSPS) is 10.6. The fourth-order valence-electron chi connectivity index (χ4n) is 2.81. The van der Waals surface area contributed by atoms with Crippen LogP contribution in [0.1, 0.15) is 23.8 Å². The fraction of sp³-hybridized carbons (Fsp3) is 0.200. The summed E-state index contributed by atoms with van der Waals surface area (Å²) in [6.45, 7) is 1.63. The van der Waals surface area contributed by atoms with Crippen LogP contribution in [0.2, 0.25) is 0 Å². The van der Waals surface area contributed by atoms with Gasteiger partial charge in [0, 0.05) is 29.8 Å². The number of nitrogens with zero attached hydrogens (tertiary/aromatic N) is 3. The van der Waals surface area contributed by atoms with E-state index in [1.807, 2.05) is 6.92 Å². The molecule has 0 bridgehead atoms. The highest BCUT2D eigenvalue weighted by molar-refractivity contribution is 6.03. The van der Waals surface area contributed by atoms with E-state index < -0.39 is 23.4 Å². The Morgan fingerprint density at radius 2 is 1.80 bits per heavy atom. The van der Waals surface area contributed by atoms with Crippen molar-refractivity contribution in [1.29, 1.82) is 0 Å². The number of benzene rings is 2. The third-order valence-corrected chi connectivity index (χ3v) is 4.19. The molecule has 3 aromatic rings. The average molecular weight is 410 g/mol. The Morgan fingerprint density at radius 1 is 1.13 bits per heavy atom. The standard InChI is InChI=1S/C20H18N4O6/c1-2-11-23-19(26)16-6-4-3-5-15(16)18(22-23)20(27)30-12-17(25)21-13-7-9-14(10-8-13)24(28)29/h3-10H,2,11-12H2,1H3,(H,21,25). The van der Waals surface area contributed by atoms with E-state index in [2.05, 4.69) is 10.4 Å². The highest BCUT2D eigenvalue weighted by Crippen LogP contribution is 2.16. The number of hydrogen-bond donors (Lipinski definition) is 1. The zero-order valence-corrected chi connectivity index (χ0v) is 16.0. The number of fused-ring (bicyclic) bond motifs is 1. The molecular weight excluding hydrogens is 392 g/mol. The molecule has 0 aliphatic heterocycles. The first kappa shape index (κ1) is 20.6. The van der Waals surface area contributed by atoms with Crippen LogP contribution in [0.3, 0.4) is 0 Å². The number of ether oxygens (including phenoxy) is 1. The summed E-state index contributed by atoms with van der Waals surface area (Å²) < 4.78 is 6.27. The van der Waals surface area contributed by atoms with Crippen molar-refractivity contribution in [3.8, 4) is 0 Å². The predicted octanol–water partition coefficient (Wildman–Crippen LogP) is 2.51. The van der Waals surface area contributed by atoms with E-state index in [1.165, 1.54) is 28.9 Å². The number of nitro benzene ring substituents is 1. The molecule has 30 heavy (non-hydrogen) atoms. The van der Waals surface area contributed by atoms with Gasteiger partial charge in [0.25, 0.3) is 17.2 Å². The van der Waals surface area contributed by atoms with Gasteiger partial charge in [-0.3, -0.25) is 19.7 Å². The Hall–Kier alpha value is -4.08. The molecule has 1 heterocycles. The number of carbonyl (C=O) groups excluding carboxylic acids is 2. The average Bonchev–Trinajstić information content (AvgIpc) is 2.74. The van der Waals surface area contributed by atoms with Crippen LogP contribution in [0.5, 0.6) is 0 Å². The van der Waals surface area contributed by atoms with Crippen LogP contribution < -0.4 is 10.9 Å². The van der Waals surface area contributed by atoms with E-state index in [-0.39, 0.29) is 16.9 Å². The quantitative estimate of drug-likeness (QED) is 0.359. The number of hydrogen-bond acceptors (Lipinski definition) is 7. The van der Waals surface area contributed by atoms with Crippen molar-refractivity contribution in [3.63, 3.8) is 0 Å². The maximum atomic E-state index is 12.5. The lowest BCUT2D eigenvalue weighted by Crippen LogP contribution is -2.27. The lowest BCUT2D eigenvalue weighted by Gasteiger charge is -2.10. The highest BCUT2D eigenvalue weighted by Gasteiger charge is 2.19. The van der Waals surface area contributed by atoms with E-state index in [0.717, 1.165) is 0 Å². The SMILES string of the molecule is CCCn1nc(C(=O)OCC(=O)Nc2ccc([N+](=O)[O-])cc2)c2ccccc2c1=O. The summed E-state index contributed by atoms with van der Waals surface area (Å²) in [5.74, 6) is -1.46. The van der Waals surface area contributed by atoms with Gasteiger partial charge in [-0.15, -0.1) is 0 Å². The summed E-state index contributed by atoms with van der Waals surface area (Å²) in [6, 6.07) is 11.8. The number of esters is 1. The number of aryl methyl sites for hydroxylation is 1. The monoisotopic (exact) mass is 410 g/mol. The van der Waals surface area contributed by atoms with E-state index in [0.29, 0.717) is 29.4 Å². The van der Waals surface area contributed by atoms with E-state index >= 15 is 0 Å². The molecule has 0 atom stereocenters. The van der Waals surface area contributed by atoms with Crippen molar-refractivity contribution in [2.24, 2.45) is 0 Å². The topological polar surface area (TPSA) is 133 Å². The Kier molecular flexibility index (Phi) is 6.16. The molecule has 10 heteroatoms. The Morgan fingerprint density at radius 3 is 2.43 bits per heavy atom. The van der Waals surface area contributed by atoms with Crippen molar-refractivity contribution in [2.45, 2.75) is 19.9 Å². The Labute approximate surface area is 170 Å². The molecule has 3 rings (SSSR count). The van der Waals surface area contributed by atoms with E-state index in [9.17, 15) is 24.5 Å². The first-order valence-electron chi connectivity index (χ1n) is 9.12.